The van der Waals surface area contributed by atoms with E-state index in [2.05, 4.69) is 31.2 Å². The summed E-state index contributed by atoms with van der Waals surface area (Å²) in [7, 11) is 1.83. The first-order valence-electron chi connectivity index (χ1n) is 6.92. The number of aryl methyl sites for hydroxylation is 1. The van der Waals surface area contributed by atoms with Gasteiger partial charge in [-0.15, -0.1) is 0 Å². The Labute approximate surface area is 140 Å². The predicted octanol–water partition coefficient (Wildman–Crippen LogP) is 3.17. The third-order valence-electron chi connectivity index (χ3n) is 3.47. The molecule has 23 heavy (non-hydrogen) atoms. The molecule has 1 amide bonds. The summed E-state index contributed by atoms with van der Waals surface area (Å²) in [5.41, 5.74) is 1.03. The molecule has 0 aliphatic carbocycles. The average Bonchev–Trinajstić information content (AvgIpc) is 3.13. The molecule has 0 aliphatic heterocycles. The zero-order valence-electron chi connectivity index (χ0n) is 12.3. The highest BCUT2D eigenvalue weighted by Crippen LogP contribution is 2.22. The Balaban J connectivity index is 1.96. The van der Waals surface area contributed by atoms with Crippen molar-refractivity contribution in [2.45, 2.75) is 6.04 Å². The van der Waals surface area contributed by atoms with Gasteiger partial charge in [-0.05, 0) is 39.7 Å². The highest BCUT2D eigenvalue weighted by Gasteiger charge is 2.22. The molecule has 7 heteroatoms. The lowest BCUT2D eigenvalue weighted by molar-refractivity contribution is 0.0936. The molecule has 1 aromatic carbocycles. The molecular weight excluding hydrogens is 363 g/mol. The number of hydrogen-bond acceptors (Lipinski definition) is 2. The summed E-state index contributed by atoms with van der Waals surface area (Å²) in [6, 6.07) is 7.25. The number of nitrogens with zero attached hydrogens (tertiary/aromatic N) is 2. The van der Waals surface area contributed by atoms with Gasteiger partial charge >= 0.3 is 0 Å². The molecule has 3 aromatic rings. The van der Waals surface area contributed by atoms with E-state index < -0.39 is 6.04 Å². The zero-order valence-corrected chi connectivity index (χ0v) is 13.8. The van der Waals surface area contributed by atoms with Gasteiger partial charge in [0, 0.05) is 30.1 Å². The number of aromatic amines is 1. The van der Waals surface area contributed by atoms with E-state index in [1.165, 1.54) is 12.1 Å². The standard InChI is InChI=1S/C16H14BrFN4O/c1-22-6-5-19-15(22)14(10-3-2-4-12(18)7-10)21-16(23)13-8-11(17)9-20-13/h2-9,14,20H,1H3,(H,21,23). The number of imidazole rings is 1. The van der Waals surface area contributed by atoms with Crippen LogP contribution in [0, 0.1) is 5.82 Å². The smallest absolute Gasteiger partial charge is 0.268 e. The van der Waals surface area contributed by atoms with E-state index in [1.54, 1.807) is 41.4 Å². The minimum absolute atomic E-state index is 0.298. The number of H-pyrrole nitrogens is 1. The summed E-state index contributed by atoms with van der Waals surface area (Å²) in [4.78, 5) is 19.6. The van der Waals surface area contributed by atoms with Crippen molar-refractivity contribution >= 4 is 21.8 Å². The van der Waals surface area contributed by atoms with Gasteiger partial charge < -0.3 is 14.9 Å². The Hall–Kier alpha value is -2.41. The molecule has 0 spiro atoms. The maximum atomic E-state index is 13.6. The fourth-order valence-electron chi connectivity index (χ4n) is 2.35. The van der Waals surface area contributed by atoms with Gasteiger partial charge in [0.1, 0.15) is 23.4 Å². The van der Waals surface area contributed by atoms with Crippen LogP contribution in [0.3, 0.4) is 0 Å². The predicted molar refractivity (Wildman–Crippen MR) is 87.4 cm³/mol. The number of carbonyl (C=O) groups excluding carboxylic acids is 1. The van der Waals surface area contributed by atoms with Crippen LogP contribution in [0.15, 0.2) is 53.4 Å². The number of benzene rings is 1. The van der Waals surface area contributed by atoms with Gasteiger partial charge in [-0.1, -0.05) is 12.1 Å². The van der Waals surface area contributed by atoms with Gasteiger partial charge in [0.25, 0.3) is 5.91 Å². The number of halogens is 2. The Bertz CT molecular complexity index is 842. The molecule has 2 N–H and O–H groups in total. The summed E-state index contributed by atoms with van der Waals surface area (Å²) in [5, 5.41) is 2.89. The minimum Gasteiger partial charge on any atom is -0.356 e. The van der Waals surface area contributed by atoms with Crippen LogP contribution < -0.4 is 5.32 Å². The third kappa shape index (κ3) is 3.34. The topological polar surface area (TPSA) is 62.7 Å². The van der Waals surface area contributed by atoms with E-state index in [1.807, 2.05) is 7.05 Å². The number of hydrogen-bond donors (Lipinski definition) is 2. The summed E-state index contributed by atoms with van der Waals surface area (Å²) in [6.07, 6.45) is 5.09. The first-order chi connectivity index (χ1) is 11.0. The second-order valence-corrected chi connectivity index (χ2v) is 6.01. The lowest BCUT2D eigenvalue weighted by Crippen LogP contribution is -2.31. The zero-order chi connectivity index (χ0) is 16.4. The SMILES string of the molecule is Cn1ccnc1C(NC(=O)c1cc(Br)c[nH]1)c1cccc(F)c1. The second kappa shape index (κ2) is 6.37. The van der Waals surface area contributed by atoms with Crippen molar-refractivity contribution in [2.24, 2.45) is 7.05 Å². The van der Waals surface area contributed by atoms with Crippen LogP contribution in [0.1, 0.15) is 27.9 Å². The van der Waals surface area contributed by atoms with E-state index in [0.29, 0.717) is 17.1 Å². The summed E-state index contributed by atoms with van der Waals surface area (Å²) < 4.78 is 16.2. The monoisotopic (exact) mass is 376 g/mol. The van der Waals surface area contributed by atoms with Crippen molar-refractivity contribution in [1.82, 2.24) is 19.9 Å². The van der Waals surface area contributed by atoms with Crippen molar-refractivity contribution in [3.8, 4) is 0 Å². The minimum atomic E-state index is -0.555. The number of nitrogens with one attached hydrogen (secondary N) is 2. The molecule has 0 radical (unpaired) electrons. The molecule has 0 aliphatic rings. The molecule has 3 rings (SSSR count). The summed E-state index contributed by atoms with van der Waals surface area (Å²) >= 11 is 3.29. The van der Waals surface area contributed by atoms with Crippen LogP contribution in [0.5, 0.6) is 0 Å². The molecule has 1 unspecified atom stereocenters. The first-order valence-corrected chi connectivity index (χ1v) is 7.71. The molecule has 118 valence electrons. The number of aromatic nitrogens is 3. The van der Waals surface area contributed by atoms with Gasteiger partial charge in [0.2, 0.25) is 0 Å². The van der Waals surface area contributed by atoms with Crippen LogP contribution in [-0.2, 0) is 7.05 Å². The van der Waals surface area contributed by atoms with Gasteiger partial charge in [0.05, 0.1) is 0 Å². The van der Waals surface area contributed by atoms with Gasteiger partial charge in [-0.25, -0.2) is 9.37 Å². The Kier molecular flexibility index (Phi) is 4.29. The van der Waals surface area contributed by atoms with Crippen LogP contribution in [-0.4, -0.2) is 20.4 Å². The largest absolute Gasteiger partial charge is 0.356 e. The second-order valence-electron chi connectivity index (χ2n) is 5.09. The molecule has 0 saturated heterocycles. The highest BCUT2D eigenvalue weighted by atomic mass is 79.9. The first kappa shape index (κ1) is 15.5. The maximum Gasteiger partial charge on any atom is 0.268 e. The Morgan fingerprint density at radius 1 is 1.43 bits per heavy atom. The molecule has 0 fully saturated rings. The van der Waals surface area contributed by atoms with Gasteiger partial charge in [-0.2, -0.15) is 0 Å². The maximum absolute atomic E-state index is 13.6. The van der Waals surface area contributed by atoms with E-state index >= 15 is 0 Å². The normalized spacial score (nSPS) is 12.1. The lowest BCUT2D eigenvalue weighted by atomic mass is 10.1. The fourth-order valence-corrected chi connectivity index (χ4v) is 2.69. The highest BCUT2D eigenvalue weighted by molar-refractivity contribution is 9.10. The van der Waals surface area contributed by atoms with Gasteiger partial charge in [0.15, 0.2) is 0 Å². The van der Waals surface area contributed by atoms with Crippen LogP contribution in [0.2, 0.25) is 0 Å². The number of rotatable bonds is 4. The van der Waals surface area contributed by atoms with Crippen molar-refractivity contribution in [2.75, 3.05) is 0 Å². The third-order valence-corrected chi connectivity index (χ3v) is 3.92. The number of amides is 1. The fraction of sp³-hybridized carbons (Fsp3) is 0.125. The Morgan fingerprint density at radius 3 is 2.87 bits per heavy atom. The van der Waals surface area contributed by atoms with Crippen molar-refractivity contribution in [1.29, 1.82) is 0 Å². The van der Waals surface area contributed by atoms with E-state index in [9.17, 15) is 9.18 Å². The molecular formula is C16H14BrFN4O. The Morgan fingerprint density at radius 2 is 2.26 bits per heavy atom. The lowest BCUT2D eigenvalue weighted by Gasteiger charge is -2.19. The van der Waals surface area contributed by atoms with Crippen molar-refractivity contribution in [3.63, 3.8) is 0 Å². The molecule has 5 nitrogen and oxygen atoms in total. The molecule has 2 aromatic heterocycles. The van der Waals surface area contributed by atoms with Crippen molar-refractivity contribution < 1.29 is 9.18 Å². The molecule has 2 heterocycles. The average molecular weight is 377 g/mol. The molecule has 0 bridgehead atoms. The summed E-state index contributed by atoms with van der Waals surface area (Å²) in [6.45, 7) is 0. The summed E-state index contributed by atoms with van der Waals surface area (Å²) in [5.74, 6) is -0.0406. The molecule has 0 saturated carbocycles. The quantitative estimate of drug-likeness (QED) is 0.734. The van der Waals surface area contributed by atoms with Crippen LogP contribution >= 0.6 is 15.9 Å². The van der Waals surface area contributed by atoms with Crippen molar-refractivity contribution in [3.05, 3.63) is 76.3 Å². The van der Waals surface area contributed by atoms with Crippen LogP contribution in [0.4, 0.5) is 4.39 Å². The van der Waals surface area contributed by atoms with Gasteiger partial charge in [-0.3, -0.25) is 4.79 Å². The molecule has 1 atom stereocenters. The van der Waals surface area contributed by atoms with E-state index in [4.69, 9.17) is 0 Å². The van der Waals surface area contributed by atoms with E-state index in [-0.39, 0.29) is 11.7 Å². The van der Waals surface area contributed by atoms with E-state index in [0.717, 1.165) is 4.47 Å². The number of carbonyl (C=O) groups is 1. The van der Waals surface area contributed by atoms with Crippen LogP contribution in [0.25, 0.3) is 0 Å².